The van der Waals surface area contributed by atoms with Crippen LogP contribution in [0.25, 0.3) is 11.4 Å². The number of pyridine rings is 2. The summed E-state index contributed by atoms with van der Waals surface area (Å²) < 4.78 is 0. The molecule has 5 heteroatoms. The zero-order valence-corrected chi connectivity index (χ0v) is 13.9. The van der Waals surface area contributed by atoms with E-state index >= 15 is 0 Å². The van der Waals surface area contributed by atoms with Crippen LogP contribution in [0.15, 0.2) is 41.6 Å². The molecule has 3 rings (SSSR count). The van der Waals surface area contributed by atoms with Gasteiger partial charge in [-0.15, -0.1) is 11.8 Å². The first kappa shape index (κ1) is 16.0. The summed E-state index contributed by atoms with van der Waals surface area (Å²) in [7, 11) is 0. The highest BCUT2D eigenvalue weighted by Gasteiger charge is 2.12. The Kier molecular flexibility index (Phi) is 5.62. The van der Waals surface area contributed by atoms with Crippen LogP contribution in [0.4, 0.5) is 0 Å². The number of rotatable bonds is 5. The van der Waals surface area contributed by atoms with E-state index in [1.54, 1.807) is 18.0 Å². The molecular weight excluding hydrogens is 304 g/mol. The van der Waals surface area contributed by atoms with Crippen LogP contribution in [0.5, 0.6) is 0 Å². The molecule has 0 aliphatic carbocycles. The van der Waals surface area contributed by atoms with Crippen molar-refractivity contribution in [2.24, 2.45) is 0 Å². The quantitative estimate of drug-likeness (QED) is 0.787. The lowest BCUT2D eigenvalue weighted by Gasteiger charge is -2.26. The summed E-state index contributed by atoms with van der Waals surface area (Å²) in [5.74, 6) is 0.966. The van der Waals surface area contributed by atoms with Gasteiger partial charge in [-0.3, -0.25) is 4.98 Å². The lowest BCUT2D eigenvalue weighted by atomic mass is 10.1. The van der Waals surface area contributed by atoms with Gasteiger partial charge in [0.05, 0.1) is 17.0 Å². The Hall–Kier alpha value is -1.90. The van der Waals surface area contributed by atoms with Crippen molar-refractivity contribution in [2.45, 2.75) is 24.3 Å². The molecule has 23 heavy (non-hydrogen) atoms. The molecule has 0 unspecified atom stereocenters. The highest BCUT2D eigenvalue weighted by atomic mass is 32.2. The number of piperidine rings is 1. The second-order valence-corrected chi connectivity index (χ2v) is 6.71. The Morgan fingerprint density at radius 1 is 1.09 bits per heavy atom. The van der Waals surface area contributed by atoms with Crippen LogP contribution in [0.1, 0.15) is 24.8 Å². The van der Waals surface area contributed by atoms with E-state index in [0.717, 1.165) is 28.7 Å². The summed E-state index contributed by atoms with van der Waals surface area (Å²) in [4.78, 5) is 11.5. The lowest BCUT2D eigenvalue weighted by molar-refractivity contribution is 0.242. The summed E-state index contributed by atoms with van der Waals surface area (Å²) in [6.07, 6.45) is 5.73. The molecule has 0 atom stereocenters. The minimum Gasteiger partial charge on any atom is -0.303 e. The summed E-state index contributed by atoms with van der Waals surface area (Å²) in [6, 6.07) is 11.7. The first-order valence-corrected chi connectivity index (χ1v) is 9.03. The third-order valence-electron chi connectivity index (χ3n) is 4.00. The summed E-state index contributed by atoms with van der Waals surface area (Å²) in [5.41, 5.74) is 2.31. The second kappa shape index (κ2) is 8.09. The SMILES string of the molecule is N#Cc1ccc(-c2ccccn2)nc1SCCN1CCCCC1. The third-order valence-corrected chi connectivity index (χ3v) is 4.97. The number of nitriles is 1. The highest BCUT2D eigenvalue weighted by Crippen LogP contribution is 2.24. The molecule has 118 valence electrons. The molecule has 0 aromatic carbocycles. The molecule has 1 fully saturated rings. The van der Waals surface area contributed by atoms with E-state index in [4.69, 9.17) is 0 Å². The van der Waals surface area contributed by atoms with Crippen LogP contribution in [0.3, 0.4) is 0 Å². The van der Waals surface area contributed by atoms with E-state index in [9.17, 15) is 5.26 Å². The van der Waals surface area contributed by atoms with Gasteiger partial charge in [-0.25, -0.2) is 4.98 Å². The van der Waals surface area contributed by atoms with Crippen LogP contribution in [-0.2, 0) is 0 Å². The third kappa shape index (κ3) is 4.31. The summed E-state index contributed by atoms with van der Waals surface area (Å²) in [5, 5.41) is 10.1. The van der Waals surface area contributed by atoms with Gasteiger partial charge in [0.2, 0.25) is 0 Å². The fraction of sp³-hybridized carbons (Fsp3) is 0.389. The van der Waals surface area contributed by atoms with Gasteiger partial charge in [-0.2, -0.15) is 5.26 Å². The minimum absolute atomic E-state index is 0.647. The minimum atomic E-state index is 0.647. The van der Waals surface area contributed by atoms with Gasteiger partial charge in [0.15, 0.2) is 0 Å². The van der Waals surface area contributed by atoms with Gasteiger partial charge in [0.1, 0.15) is 11.1 Å². The number of nitrogens with zero attached hydrogens (tertiary/aromatic N) is 4. The van der Waals surface area contributed by atoms with E-state index in [0.29, 0.717) is 5.56 Å². The molecule has 0 N–H and O–H groups in total. The first-order valence-electron chi connectivity index (χ1n) is 8.04. The Balaban J connectivity index is 1.68. The standard InChI is InChI=1S/C18H20N4S/c19-14-15-7-8-17(16-6-2-3-9-20-16)21-18(15)23-13-12-22-10-4-1-5-11-22/h2-3,6-9H,1,4-5,10-13H2. The molecule has 1 aliphatic heterocycles. The van der Waals surface area contributed by atoms with Gasteiger partial charge in [0, 0.05) is 18.5 Å². The van der Waals surface area contributed by atoms with Crippen LogP contribution >= 0.6 is 11.8 Å². The zero-order valence-electron chi connectivity index (χ0n) is 13.1. The molecule has 1 saturated heterocycles. The number of aromatic nitrogens is 2. The number of hydrogen-bond acceptors (Lipinski definition) is 5. The number of likely N-dealkylation sites (tertiary alicyclic amines) is 1. The molecule has 0 saturated carbocycles. The molecule has 4 nitrogen and oxygen atoms in total. The summed E-state index contributed by atoms with van der Waals surface area (Å²) in [6.45, 7) is 3.46. The largest absolute Gasteiger partial charge is 0.303 e. The number of thioether (sulfide) groups is 1. The van der Waals surface area contributed by atoms with Crippen molar-refractivity contribution in [1.29, 1.82) is 5.26 Å². The molecular formula is C18H20N4S. The van der Waals surface area contributed by atoms with Crippen molar-refractivity contribution in [3.05, 3.63) is 42.1 Å². The topological polar surface area (TPSA) is 52.8 Å². The average molecular weight is 324 g/mol. The van der Waals surface area contributed by atoms with E-state index in [2.05, 4.69) is 20.9 Å². The molecule has 0 bridgehead atoms. The number of hydrogen-bond donors (Lipinski definition) is 0. The van der Waals surface area contributed by atoms with Crippen LogP contribution in [-0.4, -0.2) is 40.3 Å². The lowest BCUT2D eigenvalue weighted by Crippen LogP contribution is -2.31. The smallest absolute Gasteiger partial charge is 0.115 e. The van der Waals surface area contributed by atoms with E-state index in [1.165, 1.54) is 32.4 Å². The van der Waals surface area contributed by atoms with E-state index < -0.39 is 0 Å². The van der Waals surface area contributed by atoms with Crippen molar-refractivity contribution in [2.75, 3.05) is 25.4 Å². The fourth-order valence-electron chi connectivity index (χ4n) is 2.75. The van der Waals surface area contributed by atoms with Gasteiger partial charge in [-0.1, -0.05) is 12.5 Å². The van der Waals surface area contributed by atoms with Crippen LogP contribution in [0.2, 0.25) is 0 Å². The molecule has 2 aromatic heterocycles. The summed E-state index contributed by atoms with van der Waals surface area (Å²) >= 11 is 1.67. The van der Waals surface area contributed by atoms with Crippen molar-refractivity contribution in [3.8, 4) is 17.5 Å². The Bertz CT molecular complexity index is 675. The van der Waals surface area contributed by atoms with Gasteiger partial charge >= 0.3 is 0 Å². The predicted molar refractivity (Wildman–Crippen MR) is 93.2 cm³/mol. The first-order chi connectivity index (χ1) is 11.4. The van der Waals surface area contributed by atoms with Gasteiger partial charge in [0.25, 0.3) is 0 Å². The molecule has 2 aromatic rings. The second-order valence-electron chi connectivity index (χ2n) is 5.63. The maximum absolute atomic E-state index is 9.30. The van der Waals surface area contributed by atoms with Crippen LogP contribution < -0.4 is 0 Å². The normalized spacial score (nSPS) is 15.3. The Morgan fingerprint density at radius 3 is 2.70 bits per heavy atom. The maximum Gasteiger partial charge on any atom is 0.115 e. The van der Waals surface area contributed by atoms with E-state index in [-0.39, 0.29) is 0 Å². The van der Waals surface area contributed by atoms with Gasteiger partial charge < -0.3 is 4.90 Å². The predicted octanol–water partition coefficient (Wildman–Crippen LogP) is 3.59. The molecule has 0 amide bonds. The van der Waals surface area contributed by atoms with Crippen LogP contribution in [0, 0.1) is 11.3 Å². The monoisotopic (exact) mass is 324 g/mol. The Morgan fingerprint density at radius 2 is 1.96 bits per heavy atom. The zero-order chi connectivity index (χ0) is 15.9. The highest BCUT2D eigenvalue weighted by molar-refractivity contribution is 7.99. The van der Waals surface area contributed by atoms with Gasteiger partial charge in [-0.05, 0) is 50.2 Å². The maximum atomic E-state index is 9.30. The van der Waals surface area contributed by atoms with Crippen molar-refractivity contribution in [1.82, 2.24) is 14.9 Å². The molecule has 3 heterocycles. The fourth-order valence-corrected chi connectivity index (χ4v) is 3.72. The molecule has 1 aliphatic rings. The van der Waals surface area contributed by atoms with Crippen molar-refractivity contribution < 1.29 is 0 Å². The molecule has 0 spiro atoms. The average Bonchev–Trinajstić information content (AvgIpc) is 2.63. The van der Waals surface area contributed by atoms with E-state index in [1.807, 2.05) is 30.3 Å². The molecule has 0 radical (unpaired) electrons. The van der Waals surface area contributed by atoms with Crippen molar-refractivity contribution in [3.63, 3.8) is 0 Å². The van der Waals surface area contributed by atoms with Crippen molar-refractivity contribution >= 4 is 11.8 Å². The Labute approximate surface area is 141 Å².